The molecule has 8 heteroatoms. The van der Waals surface area contributed by atoms with Gasteiger partial charge in [0.25, 0.3) is 11.5 Å². The Morgan fingerprint density at radius 1 is 1.28 bits per heavy atom. The van der Waals surface area contributed by atoms with Crippen molar-refractivity contribution in [2.24, 2.45) is 5.10 Å². The van der Waals surface area contributed by atoms with Crippen molar-refractivity contribution in [1.29, 1.82) is 0 Å². The molecule has 0 saturated heterocycles. The van der Waals surface area contributed by atoms with Crippen molar-refractivity contribution in [2.75, 3.05) is 0 Å². The third kappa shape index (κ3) is 3.58. The summed E-state index contributed by atoms with van der Waals surface area (Å²) < 4.78 is 13.8. The average Bonchev–Trinajstić information content (AvgIpc) is 2.56. The topological polar surface area (TPSA) is 94.5 Å². The van der Waals surface area contributed by atoms with E-state index in [2.05, 4.69) is 31.4 Å². The number of hydrogen-bond acceptors (Lipinski definition) is 4. The highest BCUT2D eigenvalue weighted by molar-refractivity contribution is 9.10. The van der Waals surface area contributed by atoms with Crippen molar-refractivity contribution < 1.29 is 14.3 Å². The van der Waals surface area contributed by atoms with Crippen molar-refractivity contribution in [2.45, 2.75) is 0 Å². The maximum Gasteiger partial charge on any atom is 0.280 e. The summed E-state index contributed by atoms with van der Waals surface area (Å²) in [4.78, 5) is 26.8. The number of nitrogens with one attached hydrogen (secondary N) is 2. The number of fused-ring (bicyclic) bond motifs is 1. The summed E-state index contributed by atoms with van der Waals surface area (Å²) in [6.07, 6.45) is 1.23. The second-order valence-corrected chi connectivity index (χ2v) is 6.04. The first kappa shape index (κ1) is 16.8. The maximum absolute atomic E-state index is 13.1. The van der Waals surface area contributed by atoms with Crippen LogP contribution in [0.1, 0.15) is 15.9 Å². The zero-order chi connectivity index (χ0) is 18.0. The van der Waals surface area contributed by atoms with Gasteiger partial charge in [-0.25, -0.2) is 9.82 Å². The van der Waals surface area contributed by atoms with Crippen LogP contribution in [0.2, 0.25) is 0 Å². The molecule has 0 fully saturated rings. The highest BCUT2D eigenvalue weighted by Crippen LogP contribution is 2.27. The lowest BCUT2D eigenvalue weighted by Crippen LogP contribution is -2.26. The first-order valence-corrected chi connectivity index (χ1v) is 7.88. The molecule has 6 nitrogen and oxygen atoms in total. The highest BCUT2D eigenvalue weighted by Gasteiger charge is 2.19. The zero-order valence-corrected chi connectivity index (χ0v) is 14.2. The van der Waals surface area contributed by atoms with Gasteiger partial charge in [-0.2, -0.15) is 5.10 Å². The minimum absolute atomic E-state index is 0.313. The Kier molecular flexibility index (Phi) is 4.62. The molecule has 3 N–H and O–H groups in total. The van der Waals surface area contributed by atoms with Crippen molar-refractivity contribution >= 4 is 39.0 Å². The van der Waals surface area contributed by atoms with Gasteiger partial charge < -0.3 is 10.1 Å². The molecular weight excluding hydrogens is 393 g/mol. The lowest BCUT2D eigenvalue weighted by Gasteiger charge is -2.06. The monoisotopic (exact) mass is 403 g/mol. The Morgan fingerprint density at radius 2 is 2.08 bits per heavy atom. The second-order valence-electron chi connectivity index (χ2n) is 5.12. The minimum atomic E-state index is -0.881. The van der Waals surface area contributed by atoms with Crippen LogP contribution in [0.25, 0.3) is 10.9 Å². The van der Waals surface area contributed by atoms with Crippen molar-refractivity contribution in [3.8, 4) is 5.75 Å². The maximum atomic E-state index is 13.1. The van der Waals surface area contributed by atoms with Gasteiger partial charge in [-0.1, -0.05) is 28.1 Å². The molecular formula is C17H11BrFN3O3. The van der Waals surface area contributed by atoms with E-state index in [4.69, 9.17) is 0 Å². The van der Waals surface area contributed by atoms with Crippen molar-refractivity contribution in [3.63, 3.8) is 0 Å². The van der Waals surface area contributed by atoms with Gasteiger partial charge in [0.15, 0.2) is 0 Å². The number of aromatic hydroxyl groups is 1. The number of carbonyl (C=O) groups is 1. The molecule has 0 aliphatic carbocycles. The Labute approximate surface area is 149 Å². The predicted octanol–water partition coefficient (Wildman–Crippen LogP) is 2.90. The van der Waals surface area contributed by atoms with Gasteiger partial charge in [0.05, 0.1) is 11.7 Å². The summed E-state index contributed by atoms with van der Waals surface area (Å²) in [5, 5.41) is 14.3. The van der Waals surface area contributed by atoms with E-state index in [9.17, 15) is 19.1 Å². The van der Waals surface area contributed by atoms with Gasteiger partial charge in [0.2, 0.25) is 0 Å². The number of hydrazone groups is 1. The Balaban J connectivity index is 1.90. The number of aromatic amines is 1. The van der Waals surface area contributed by atoms with Crippen LogP contribution in [-0.2, 0) is 0 Å². The molecule has 2 aromatic carbocycles. The van der Waals surface area contributed by atoms with E-state index >= 15 is 0 Å². The van der Waals surface area contributed by atoms with Gasteiger partial charge in [-0.05, 0) is 35.9 Å². The molecule has 126 valence electrons. The van der Waals surface area contributed by atoms with E-state index in [1.54, 1.807) is 24.3 Å². The number of H-pyrrole nitrogens is 1. The molecule has 1 aromatic heterocycles. The fraction of sp³-hybridized carbons (Fsp3) is 0. The van der Waals surface area contributed by atoms with Crippen LogP contribution in [0.5, 0.6) is 5.75 Å². The second kappa shape index (κ2) is 6.86. The molecule has 0 atom stereocenters. The standard InChI is InChI=1S/C17H11BrFN3O3/c18-10-4-5-13-12(7-10)15(23)14(16(24)21-13)17(25)22-20-8-9-2-1-3-11(19)6-9/h1-8H,(H,22,25)(H2,21,23,24)/b20-8-. The summed E-state index contributed by atoms with van der Waals surface area (Å²) in [6.45, 7) is 0. The van der Waals surface area contributed by atoms with Crippen LogP contribution in [0.15, 0.2) is 56.8 Å². The zero-order valence-electron chi connectivity index (χ0n) is 12.6. The average molecular weight is 404 g/mol. The van der Waals surface area contributed by atoms with Crippen LogP contribution in [0.3, 0.4) is 0 Å². The predicted molar refractivity (Wildman–Crippen MR) is 95.4 cm³/mol. The van der Waals surface area contributed by atoms with E-state index in [1.807, 2.05) is 0 Å². The third-order valence-electron chi connectivity index (χ3n) is 3.40. The van der Waals surface area contributed by atoms with Gasteiger partial charge in [0, 0.05) is 9.86 Å². The van der Waals surface area contributed by atoms with Gasteiger partial charge >= 0.3 is 0 Å². The molecule has 0 radical (unpaired) electrons. The molecule has 25 heavy (non-hydrogen) atoms. The highest BCUT2D eigenvalue weighted by atomic mass is 79.9. The van der Waals surface area contributed by atoms with Crippen molar-refractivity contribution in [3.05, 3.63) is 74.2 Å². The summed E-state index contributed by atoms with van der Waals surface area (Å²) >= 11 is 3.26. The fourth-order valence-electron chi connectivity index (χ4n) is 2.27. The number of pyridine rings is 1. The first-order valence-electron chi connectivity index (χ1n) is 7.09. The molecule has 0 bridgehead atoms. The lowest BCUT2D eigenvalue weighted by molar-refractivity contribution is 0.0951. The number of carbonyl (C=O) groups excluding carboxylic acids is 1. The van der Waals surface area contributed by atoms with Crippen molar-refractivity contribution in [1.82, 2.24) is 10.4 Å². The molecule has 0 saturated carbocycles. The molecule has 0 aliphatic rings. The molecule has 0 aliphatic heterocycles. The molecule has 0 spiro atoms. The number of benzene rings is 2. The van der Waals surface area contributed by atoms with Gasteiger partial charge in [-0.3, -0.25) is 9.59 Å². The fourth-order valence-corrected chi connectivity index (χ4v) is 2.63. The van der Waals surface area contributed by atoms with E-state index in [0.717, 1.165) is 0 Å². The summed E-state index contributed by atoms with van der Waals surface area (Å²) in [6, 6.07) is 10.5. The molecule has 0 unspecified atom stereocenters. The number of aromatic nitrogens is 1. The number of nitrogens with zero attached hydrogens (tertiary/aromatic N) is 1. The largest absolute Gasteiger partial charge is 0.506 e. The van der Waals surface area contributed by atoms with Crippen LogP contribution in [0.4, 0.5) is 4.39 Å². The summed E-state index contributed by atoms with van der Waals surface area (Å²) in [5.74, 6) is -1.77. The summed E-state index contributed by atoms with van der Waals surface area (Å²) in [7, 11) is 0. The smallest absolute Gasteiger partial charge is 0.280 e. The Bertz CT molecular complexity index is 1060. The Morgan fingerprint density at radius 3 is 2.84 bits per heavy atom. The molecule has 1 heterocycles. The SMILES string of the molecule is O=C(N/N=C\c1cccc(F)c1)c1c(O)c2cc(Br)ccc2[nH]c1=O. The van der Waals surface area contributed by atoms with E-state index in [0.29, 0.717) is 20.9 Å². The number of amides is 1. The minimum Gasteiger partial charge on any atom is -0.506 e. The number of rotatable bonds is 3. The summed E-state index contributed by atoms with van der Waals surface area (Å²) in [5.41, 5.74) is 1.77. The lowest BCUT2D eigenvalue weighted by atomic mass is 10.1. The molecule has 3 rings (SSSR count). The number of hydrogen-bond donors (Lipinski definition) is 3. The Hall–Kier alpha value is -3.00. The first-order chi connectivity index (χ1) is 12.0. The van der Waals surface area contributed by atoms with Crippen LogP contribution < -0.4 is 11.0 Å². The van der Waals surface area contributed by atoms with Crippen LogP contribution in [-0.4, -0.2) is 22.2 Å². The molecule has 3 aromatic rings. The number of halogens is 2. The quantitative estimate of drug-likeness (QED) is 0.463. The third-order valence-corrected chi connectivity index (χ3v) is 3.90. The van der Waals surface area contributed by atoms with Gasteiger partial charge in [0.1, 0.15) is 17.1 Å². The normalized spacial score (nSPS) is 11.1. The van der Waals surface area contributed by atoms with E-state index in [-0.39, 0.29) is 0 Å². The molecule has 1 amide bonds. The van der Waals surface area contributed by atoms with Crippen LogP contribution in [0, 0.1) is 5.82 Å². The van der Waals surface area contributed by atoms with E-state index < -0.39 is 28.6 Å². The van der Waals surface area contributed by atoms with Gasteiger partial charge in [-0.15, -0.1) is 0 Å². The van der Waals surface area contributed by atoms with E-state index in [1.165, 1.54) is 24.4 Å². The van der Waals surface area contributed by atoms with Crippen LogP contribution >= 0.6 is 15.9 Å².